The van der Waals surface area contributed by atoms with Gasteiger partial charge in [-0.1, -0.05) is 36.4 Å². The molecule has 5 nitrogen and oxygen atoms in total. The van der Waals surface area contributed by atoms with Crippen LogP contribution < -0.4 is 4.74 Å². The zero-order valence-electron chi connectivity index (χ0n) is 16.7. The van der Waals surface area contributed by atoms with Gasteiger partial charge in [0, 0.05) is 18.0 Å². The molecular formula is C22H20F3NO4S. The Balaban J connectivity index is 2.04. The summed E-state index contributed by atoms with van der Waals surface area (Å²) in [7, 11) is -3.74. The largest absolute Gasteiger partial charge is 0.488 e. The average molecular weight is 451 g/mol. The van der Waals surface area contributed by atoms with Gasteiger partial charge in [-0.2, -0.15) is 13.2 Å². The minimum absolute atomic E-state index is 0.0894. The highest BCUT2D eigenvalue weighted by Gasteiger charge is 2.31. The number of aliphatic hydroxyl groups is 1. The number of pyridine rings is 1. The highest BCUT2D eigenvalue weighted by atomic mass is 32.2. The molecule has 9 heteroatoms. The molecule has 0 saturated heterocycles. The first-order chi connectivity index (χ1) is 14.4. The molecule has 0 aliphatic heterocycles. The fourth-order valence-electron chi connectivity index (χ4n) is 2.97. The second-order valence-electron chi connectivity index (χ2n) is 7.26. The molecule has 164 valence electrons. The van der Waals surface area contributed by atoms with E-state index in [1.807, 2.05) is 0 Å². The van der Waals surface area contributed by atoms with Crippen LogP contribution in [0.15, 0.2) is 71.8 Å². The minimum atomic E-state index is -4.55. The Kier molecular flexibility index (Phi) is 6.11. The van der Waals surface area contributed by atoms with Gasteiger partial charge in [0.05, 0.1) is 11.3 Å². The molecule has 1 unspecified atom stereocenters. The quantitative estimate of drug-likeness (QED) is 0.599. The van der Waals surface area contributed by atoms with Crippen LogP contribution in [-0.2, 0) is 21.6 Å². The van der Waals surface area contributed by atoms with E-state index in [1.54, 1.807) is 30.3 Å². The van der Waals surface area contributed by atoms with Crippen LogP contribution in [0, 0.1) is 0 Å². The summed E-state index contributed by atoms with van der Waals surface area (Å²) in [6.07, 6.45) is -2.88. The maximum absolute atomic E-state index is 12.9. The third kappa shape index (κ3) is 5.23. The number of hydrogen-bond acceptors (Lipinski definition) is 5. The van der Waals surface area contributed by atoms with E-state index in [0.29, 0.717) is 11.8 Å². The Morgan fingerprint density at radius 3 is 2.19 bits per heavy atom. The Bertz CT molecular complexity index is 1160. The fraction of sp³-hybridized carbons (Fsp3) is 0.227. The second-order valence-corrected chi connectivity index (χ2v) is 9.25. The standard InChI is InChI=1S/C22H20F3NO4S/c1-21(27,15-7-4-3-5-8-15)14-30-20-17(9-6-10-19(20)31(2,28)29)18-12-11-16(13-26-18)22(23,24)25/h3-13,27H,14H2,1-2H3. The number of halogens is 3. The number of sulfone groups is 1. The fourth-order valence-corrected chi connectivity index (χ4v) is 3.80. The van der Waals surface area contributed by atoms with Crippen LogP contribution >= 0.6 is 0 Å². The van der Waals surface area contributed by atoms with Gasteiger partial charge in [-0.3, -0.25) is 4.98 Å². The van der Waals surface area contributed by atoms with Crippen molar-refractivity contribution in [1.29, 1.82) is 0 Å². The lowest BCUT2D eigenvalue weighted by Crippen LogP contribution is -2.29. The van der Waals surface area contributed by atoms with E-state index in [-0.39, 0.29) is 28.5 Å². The summed E-state index contributed by atoms with van der Waals surface area (Å²) in [6, 6.07) is 14.9. The van der Waals surface area contributed by atoms with Gasteiger partial charge in [-0.25, -0.2) is 8.42 Å². The van der Waals surface area contributed by atoms with E-state index < -0.39 is 27.2 Å². The smallest absolute Gasteiger partial charge is 0.417 e. The summed E-state index contributed by atoms with van der Waals surface area (Å²) >= 11 is 0. The zero-order chi connectivity index (χ0) is 22.9. The van der Waals surface area contributed by atoms with E-state index in [1.165, 1.54) is 25.1 Å². The van der Waals surface area contributed by atoms with E-state index in [2.05, 4.69) is 4.98 Å². The molecule has 0 spiro atoms. The molecule has 0 radical (unpaired) electrons. The molecule has 1 aromatic heterocycles. The van der Waals surface area contributed by atoms with Crippen LogP contribution in [0.1, 0.15) is 18.1 Å². The Morgan fingerprint density at radius 1 is 0.968 bits per heavy atom. The van der Waals surface area contributed by atoms with Crippen molar-refractivity contribution >= 4 is 9.84 Å². The first-order valence-corrected chi connectivity index (χ1v) is 11.1. The lowest BCUT2D eigenvalue weighted by Gasteiger charge is -2.25. The maximum Gasteiger partial charge on any atom is 0.417 e. The number of alkyl halides is 3. The van der Waals surface area contributed by atoms with E-state index >= 15 is 0 Å². The third-order valence-corrected chi connectivity index (χ3v) is 5.76. The monoisotopic (exact) mass is 451 g/mol. The Hall–Kier alpha value is -2.91. The number of benzene rings is 2. The number of rotatable bonds is 6. The van der Waals surface area contributed by atoms with Gasteiger partial charge in [0.25, 0.3) is 0 Å². The molecule has 31 heavy (non-hydrogen) atoms. The summed E-state index contributed by atoms with van der Waals surface area (Å²) in [6.45, 7) is 1.22. The van der Waals surface area contributed by atoms with Crippen LogP contribution in [0.4, 0.5) is 13.2 Å². The molecule has 2 aromatic carbocycles. The highest BCUT2D eigenvalue weighted by molar-refractivity contribution is 7.90. The van der Waals surface area contributed by atoms with Crippen molar-refractivity contribution in [1.82, 2.24) is 4.98 Å². The van der Waals surface area contributed by atoms with Gasteiger partial charge in [0.15, 0.2) is 9.84 Å². The summed E-state index contributed by atoms with van der Waals surface area (Å²) < 4.78 is 69.0. The zero-order valence-corrected chi connectivity index (χ0v) is 17.5. The van der Waals surface area contributed by atoms with Crippen molar-refractivity contribution in [2.75, 3.05) is 12.9 Å². The summed E-state index contributed by atoms with van der Waals surface area (Å²) in [4.78, 5) is 3.69. The number of ether oxygens (including phenoxy) is 1. The van der Waals surface area contributed by atoms with Crippen LogP contribution in [0.3, 0.4) is 0 Å². The molecule has 0 fully saturated rings. The third-order valence-electron chi connectivity index (χ3n) is 4.64. The predicted molar refractivity (Wildman–Crippen MR) is 109 cm³/mol. The van der Waals surface area contributed by atoms with Crippen LogP contribution in [0.5, 0.6) is 5.75 Å². The van der Waals surface area contributed by atoms with E-state index in [0.717, 1.165) is 18.4 Å². The number of para-hydroxylation sites is 1. The van der Waals surface area contributed by atoms with Crippen LogP contribution in [0.2, 0.25) is 0 Å². The average Bonchev–Trinajstić information content (AvgIpc) is 2.71. The van der Waals surface area contributed by atoms with Gasteiger partial charge in [0.1, 0.15) is 22.9 Å². The molecule has 0 aliphatic rings. The van der Waals surface area contributed by atoms with Gasteiger partial charge in [-0.15, -0.1) is 0 Å². The molecular weight excluding hydrogens is 431 g/mol. The molecule has 0 saturated carbocycles. The molecule has 1 heterocycles. The van der Waals surface area contributed by atoms with Gasteiger partial charge in [0.2, 0.25) is 0 Å². The molecule has 3 aromatic rings. The summed E-state index contributed by atoms with van der Waals surface area (Å²) in [5.74, 6) is -0.0894. The minimum Gasteiger partial charge on any atom is -0.488 e. The van der Waals surface area contributed by atoms with Gasteiger partial charge < -0.3 is 9.84 Å². The SMILES string of the molecule is CC(O)(COc1c(-c2ccc(C(F)(F)F)cn2)cccc1S(C)(=O)=O)c1ccccc1. The van der Waals surface area contributed by atoms with E-state index in [4.69, 9.17) is 4.74 Å². The number of aromatic nitrogens is 1. The molecule has 1 atom stereocenters. The lowest BCUT2D eigenvalue weighted by atomic mass is 9.97. The maximum atomic E-state index is 12.9. The lowest BCUT2D eigenvalue weighted by molar-refractivity contribution is -0.137. The molecule has 0 aliphatic carbocycles. The Labute approximate surface area is 178 Å². The molecule has 0 bridgehead atoms. The molecule has 0 amide bonds. The number of hydrogen-bond donors (Lipinski definition) is 1. The van der Waals surface area contributed by atoms with E-state index in [9.17, 15) is 26.7 Å². The van der Waals surface area contributed by atoms with Crippen molar-refractivity contribution in [3.8, 4) is 17.0 Å². The van der Waals surface area contributed by atoms with Crippen molar-refractivity contribution in [3.63, 3.8) is 0 Å². The van der Waals surface area contributed by atoms with Crippen molar-refractivity contribution in [3.05, 3.63) is 78.0 Å². The number of nitrogens with zero attached hydrogens (tertiary/aromatic N) is 1. The van der Waals surface area contributed by atoms with Crippen LogP contribution in [-0.4, -0.2) is 31.4 Å². The first-order valence-electron chi connectivity index (χ1n) is 9.17. The van der Waals surface area contributed by atoms with Crippen molar-refractivity contribution < 1.29 is 31.4 Å². The van der Waals surface area contributed by atoms with Crippen molar-refractivity contribution in [2.24, 2.45) is 0 Å². The summed E-state index contributed by atoms with van der Waals surface area (Å²) in [5, 5.41) is 10.8. The van der Waals surface area contributed by atoms with Gasteiger partial charge in [-0.05, 0) is 36.8 Å². The van der Waals surface area contributed by atoms with Crippen LogP contribution in [0.25, 0.3) is 11.3 Å². The second kappa shape index (κ2) is 8.32. The highest BCUT2D eigenvalue weighted by Crippen LogP contribution is 2.37. The topological polar surface area (TPSA) is 76.5 Å². The molecule has 1 N–H and O–H groups in total. The van der Waals surface area contributed by atoms with Gasteiger partial charge >= 0.3 is 6.18 Å². The van der Waals surface area contributed by atoms with Crippen molar-refractivity contribution in [2.45, 2.75) is 23.6 Å². The predicted octanol–water partition coefficient (Wildman–Crippen LogP) is 4.46. The Morgan fingerprint density at radius 2 is 1.65 bits per heavy atom. The normalized spacial score (nSPS) is 14.1. The molecule has 3 rings (SSSR count). The summed E-state index contributed by atoms with van der Waals surface area (Å²) in [5.41, 5.74) is -1.52. The first kappa shape index (κ1) is 22.8.